The van der Waals surface area contributed by atoms with Crippen LogP contribution in [-0.4, -0.2) is 56.9 Å². The normalized spacial score (nSPS) is 19.7. The average molecular weight is 542 g/mol. The molecule has 12 heteroatoms. The van der Waals surface area contributed by atoms with Crippen LogP contribution in [0.3, 0.4) is 0 Å². The first kappa shape index (κ1) is 26.4. The maximum absolute atomic E-state index is 13.5. The molecule has 2 heterocycles. The monoisotopic (exact) mass is 541 g/mol. The molecule has 2 fully saturated rings. The largest absolute Gasteiger partial charge is 0.418 e. The number of fused-ring (bicyclic) bond motifs is 1. The van der Waals surface area contributed by atoms with Crippen LogP contribution in [0, 0.1) is 5.92 Å². The highest BCUT2D eigenvalue weighted by Gasteiger charge is 2.47. The Balaban J connectivity index is 1.31. The number of aromatic nitrogens is 2. The second-order valence-corrected chi connectivity index (χ2v) is 9.58. The molecule has 1 aromatic heterocycles. The van der Waals surface area contributed by atoms with Gasteiger partial charge in [0.1, 0.15) is 6.54 Å². The van der Waals surface area contributed by atoms with Crippen LogP contribution < -0.4 is 5.32 Å². The molecule has 3 aromatic rings. The number of nitrogens with one attached hydrogen (secondary N) is 1. The van der Waals surface area contributed by atoms with Crippen molar-refractivity contribution in [2.45, 2.75) is 44.3 Å². The fourth-order valence-corrected chi connectivity index (χ4v) is 5.21. The van der Waals surface area contributed by atoms with Crippen molar-refractivity contribution >= 4 is 23.5 Å². The zero-order chi connectivity index (χ0) is 27.6. The number of imide groups is 1. The smallest absolute Gasteiger partial charge is 0.339 e. The van der Waals surface area contributed by atoms with Crippen molar-refractivity contribution in [1.29, 1.82) is 0 Å². The molecule has 1 aliphatic carbocycles. The van der Waals surface area contributed by atoms with Crippen LogP contribution in [0.1, 0.15) is 37.1 Å². The lowest BCUT2D eigenvalue weighted by Gasteiger charge is -2.46. The van der Waals surface area contributed by atoms with Gasteiger partial charge in [0.05, 0.1) is 17.2 Å². The molecule has 4 amide bonds. The van der Waals surface area contributed by atoms with E-state index in [4.69, 9.17) is 4.52 Å². The summed E-state index contributed by atoms with van der Waals surface area (Å²) in [5.74, 6) is -0.969. The van der Waals surface area contributed by atoms with Gasteiger partial charge in [-0.25, -0.2) is 4.79 Å². The highest BCUT2D eigenvalue weighted by molar-refractivity contribution is 6.01. The lowest BCUT2D eigenvalue weighted by Crippen LogP contribution is -2.63. The minimum absolute atomic E-state index is 0.0354. The number of carbonyl (C=O) groups is 3. The molecule has 5 rings (SSSR count). The fourth-order valence-electron chi connectivity index (χ4n) is 5.21. The molecule has 1 N–H and O–H groups in total. The van der Waals surface area contributed by atoms with Gasteiger partial charge in [0.25, 0.3) is 0 Å². The molecule has 2 unspecified atom stereocenters. The molecule has 0 bridgehead atoms. The number of rotatable bonds is 7. The molecule has 9 nitrogen and oxygen atoms in total. The Morgan fingerprint density at radius 1 is 1.03 bits per heavy atom. The number of urea groups is 1. The van der Waals surface area contributed by atoms with E-state index in [0.29, 0.717) is 18.7 Å². The van der Waals surface area contributed by atoms with Crippen LogP contribution >= 0.6 is 0 Å². The van der Waals surface area contributed by atoms with Gasteiger partial charge in [-0.15, -0.1) is 0 Å². The van der Waals surface area contributed by atoms with Gasteiger partial charge in [-0.2, -0.15) is 18.2 Å². The van der Waals surface area contributed by atoms with Crippen molar-refractivity contribution < 1.29 is 32.1 Å². The van der Waals surface area contributed by atoms with Crippen molar-refractivity contribution in [3.63, 3.8) is 0 Å². The third-order valence-corrected chi connectivity index (χ3v) is 7.06. The number of benzene rings is 2. The Hall–Kier alpha value is -4.22. The van der Waals surface area contributed by atoms with E-state index in [1.807, 2.05) is 30.3 Å². The first-order chi connectivity index (χ1) is 18.7. The van der Waals surface area contributed by atoms with Gasteiger partial charge in [0.2, 0.25) is 23.5 Å². The SMILES string of the molecule is O=C(CN1C(=O)N(CCc2nc(-c3ccccc3)no2)C(=O)C2CCCCC21)Nc1ccccc1C(F)(F)F. The lowest BCUT2D eigenvalue weighted by molar-refractivity contribution is -0.142. The highest BCUT2D eigenvalue weighted by atomic mass is 19.4. The number of amides is 4. The van der Waals surface area contributed by atoms with E-state index in [0.717, 1.165) is 35.4 Å². The van der Waals surface area contributed by atoms with E-state index in [-0.39, 0.29) is 24.8 Å². The van der Waals surface area contributed by atoms with Crippen LogP contribution in [0.4, 0.5) is 23.7 Å². The first-order valence-corrected chi connectivity index (χ1v) is 12.7. The predicted octanol–water partition coefficient (Wildman–Crippen LogP) is 4.76. The molecular weight excluding hydrogens is 515 g/mol. The van der Waals surface area contributed by atoms with Gasteiger partial charge in [0.15, 0.2) is 0 Å². The number of carbonyl (C=O) groups excluding carboxylic acids is 3. The third kappa shape index (κ3) is 5.64. The van der Waals surface area contributed by atoms with Crippen molar-refractivity contribution in [3.05, 3.63) is 66.1 Å². The summed E-state index contributed by atoms with van der Waals surface area (Å²) in [6.07, 6.45) is -1.86. The van der Waals surface area contributed by atoms with Crippen molar-refractivity contribution in [2.75, 3.05) is 18.4 Å². The van der Waals surface area contributed by atoms with E-state index >= 15 is 0 Å². The summed E-state index contributed by atoms with van der Waals surface area (Å²) in [6, 6.07) is 12.7. The van der Waals surface area contributed by atoms with Crippen molar-refractivity contribution in [3.8, 4) is 11.4 Å². The quantitative estimate of drug-likeness (QED) is 0.462. The first-order valence-electron chi connectivity index (χ1n) is 12.7. The number of nitrogens with zero attached hydrogens (tertiary/aromatic N) is 4. The predicted molar refractivity (Wildman–Crippen MR) is 133 cm³/mol. The number of alkyl halides is 3. The zero-order valence-electron chi connectivity index (χ0n) is 20.9. The second-order valence-electron chi connectivity index (χ2n) is 9.58. The summed E-state index contributed by atoms with van der Waals surface area (Å²) in [4.78, 5) is 46.3. The van der Waals surface area contributed by atoms with Crippen molar-refractivity contribution in [1.82, 2.24) is 19.9 Å². The number of halogens is 3. The number of para-hydroxylation sites is 1. The van der Waals surface area contributed by atoms with Gasteiger partial charge >= 0.3 is 12.2 Å². The summed E-state index contributed by atoms with van der Waals surface area (Å²) in [5.41, 5.74) is -0.616. The Bertz CT molecular complexity index is 1360. The van der Waals surface area contributed by atoms with Crippen LogP contribution in [0.15, 0.2) is 59.1 Å². The van der Waals surface area contributed by atoms with E-state index in [2.05, 4.69) is 15.5 Å². The van der Waals surface area contributed by atoms with Crippen LogP contribution in [0.25, 0.3) is 11.4 Å². The topological polar surface area (TPSA) is 109 Å². The molecule has 0 spiro atoms. The molecular formula is C27H26F3N5O4. The zero-order valence-corrected chi connectivity index (χ0v) is 20.9. The van der Waals surface area contributed by atoms with Gasteiger partial charge in [-0.3, -0.25) is 14.5 Å². The maximum Gasteiger partial charge on any atom is 0.418 e. The Morgan fingerprint density at radius 2 is 1.74 bits per heavy atom. The van der Waals surface area contributed by atoms with E-state index < -0.39 is 47.9 Å². The van der Waals surface area contributed by atoms with Crippen LogP contribution in [0.2, 0.25) is 0 Å². The highest BCUT2D eigenvalue weighted by Crippen LogP contribution is 2.36. The van der Waals surface area contributed by atoms with Gasteiger partial charge in [-0.05, 0) is 25.0 Å². The minimum Gasteiger partial charge on any atom is -0.339 e. The maximum atomic E-state index is 13.5. The molecule has 1 saturated heterocycles. The fraction of sp³-hybridized carbons (Fsp3) is 0.370. The molecule has 39 heavy (non-hydrogen) atoms. The summed E-state index contributed by atoms with van der Waals surface area (Å²) < 4.78 is 45.4. The minimum atomic E-state index is -4.66. The number of hydrogen-bond acceptors (Lipinski definition) is 6. The molecule has 1 saturated carbocycles. The average Bonchev–Trinajstić information content (AvgIpc) is 3.40. The Morgan fingerprint density at radius 3 is 2.51 bits per heavy atom. The lowest BCUT2D eigenvalue weighted by atomic mass is 9.81. The summed E-state index contributed by atoms with van der Waals surface area (Å²) in [5, 5.41) is 6.25. The van der Waals surface area contributed by atoms with E-state index in [1.54, 1.807) is 0 Å². The van der Waals surface area contributed by atoms with Gasteiger partial charge < -0.3 is 14.7 Å². The van der Waals surface area contributed by atoms with Gasteiger partial charge in [0, 0.05) is 24.6 Å². The van der Waals surface area contributed by atoms with Crippen LogP contribution in [-0.2, 0) is 22.2 Å². The van der Waals surface area contributed by atoms with Crippen molar-refractivity contribution in [2.24, 2.45) is 5.92 Å². The summed E-state index contributed by atoms with van der Waals surface area (Å²) in [6.45, 7) is -0.513. The molecule has 204 valence electrons. The number of hydrogen-bond donors (Lipinski definition) is 1. The van der Waals surface area contributed by atoms with Gasteiger partial charge in [-0.1, -0.05) is 60.5 Å². The standard InChI is InChI=1S/C27H26F3N5O4/c28-27(29,30)19-11-5-6-12-20(19)31-22(36)16-35-21-13-7-4-10-18(21)25(37)34(26(35)38)15-14-23-32-24(33-39-23)17-8-2-1-3-9-17/h1-3,5-6,8-9,11-12,18,21H,4,7,10,13-16H2,(H,31,36). The molecule has 0 radical (unpaired) electrons. The van der Waals surface area contributed by atoms with E-state index in [1.165, 1.54) is 17.0 Å². The molecule has 2 aliphatic rings. The molecule has 1 aliphatic heterocycles. The number of anilines is 1. The van der Waals surface area contributed by atoms with E-state index in [9.17, 15) is 27.6 Å². The Kier molecular flexibility index (Phi) is 7.36. The Labute approximate surface area is 222 Å². The van der Waals surface area contributed by atoms with Crippen LogP contribution in [0.5, 0.6) is 0 Å². The molecule has 2 atom stereocenters. The third-order valence-electron chi connectivity index (χ3n) is 7.06. The summed E-state index contributed by atoms with van der Waals surface area (Å²) in [7, 11) is 0. The second kappa shape index (κ2) is 10.9. The summed E-state index contributed by atoms with van der Waals surface area (Å²) >= 11 is 0. The molecule has 2 aromatic carbocycles.